The van der Waals surface area contributed by atoms with Gasteiger partial charge in [-0.3, -0.25) is 0 Å². The second kappa shape index (κ2) is 5.18. The molecule has 1 aromatic heterocycles. The van der Waals surface area contributed by atoms with Crippen LogP contribution in [0.5, 0.6) is 0 Å². The Morgan fingerprint density at radius 3 is 2.59 bits per heavy atom. The SMILES string of the molecule is CC[C@H]1O[C@@H](n2nnc3c(C(F)(F)F)cccc32)[C@H](O)[C@@H]1O. The van der Waals surface area contributed by atoms with Crippen LogP contribution in [0.1, 0.15) is 25.1 Å². The topological polar surface area (TPSA) is 80.4 Å². The number of hydrogen-bond donors (Lipinski definition) is 2. The quantitative estimate of drug-likeness (QED) is 0.877. The van der Waals surface area contributed by atoms with Gasteiger partial charge in [-0.1, -0.05) is 18.2 Å². The van der Waals surface area contributed by atoms with Crippen molar-refractivity contribution in [2.24, 2.45) is 0 Å². The molecule has 0 aliphatic carbocycles. The van der Waals surface area contributed by atoms with E-state index in [-0.39, 0.29) is 11.0 Å². The predicted octanol–water partition coefficient (Wildman–Crippen LogP) is 1.48. The van der Waals surface area contributed by atoms with E-state index >= 15 is 0 Å². The number of hydrogen-bond acceptors (Lipinski definition) is 5. The Morgan fingerprint density at radius 1 is 1.27 bits per heavy atom. The van der Waals surface area contributed by atoms with Crippen LogP contribution in [0.15, 0.2) is 18.2 Å². The van der Waals surface area contributed by atoms with Gasteiger partial charge in [0.25, 0.3) is 0 Å². The molecule has 1 saturated heterocycles. The van der Waals surface area contributed by atoms with Crippen LogP contribution < -0.4 is 0 Å². The van der Waals surface area contributed by atoms with E-state index in [4.69, 9.17) is 4.74 Å². The molecule has 1 aromatic carbocycles. The van der Waals surface area contributed by atoms with E-state index in [1.807, 2.05) is 0 Å². The molecule has 22 heavy (non-hydrogen) atoms. The predicted molar refractivity (Wildman–Crippen MR) is 68.7 cm³/mol. The van der Waals surface area contributed by atoms with Crippen LogP contribution >= 0.6 is 0 Å². The van der Waals surface area contributed by atoms with Crippen molar-refractivity contribution < 1.29 is 28.1 Å². The molecule has 0 radical (unpaired) electrons. The zero-order valence-corrected chi connectivity index (χ0v) is 11.5. The van der Waals surface area contributed by atoms with Gasteiger partial charge in [-0.05, 0) is 18.6 Å². The average Bonchev–Trinajstić information content (AvgIpc) is 3.00. The van der Waals surface area contributed by atoms with Crippen molar-refractivity contribution in [2.75, 3.05) is 0 Å². The third-order valence-corrected chi connectivity index (χ3v) is 3.79. The molecule has 4 atom stereocenters. The molecule has 0 saturated carbocycles. The summed E-state index contributed by atoms with van der Waals surface area (Å²) in [5.74, 6) is 0. The van der Waals surface area contributed by atoms with Crippen molar-refractivity contribution >= 4 is 11.0 Å². The zero-order valence-electron chi connectivity index (χ0n) is 11.5. The second-order valence-electron chi connectivity index (χ2n) is 5.16. The fraction of sp³-hybridized carbons (Fsp3) is 0.538. The first kappa shape index (κ1) is 15.2. The Labute approximate surface area is 123 Å². The summed E-state index contributed by atoms with van der Waals surface area (Å²) >= 11 is 0. The number of ether oxygens (including phenoxy) is 1. The molecule has 0 amide bonds. The van der Waals surface area contributed by atoms with Crippen LogP contribution in [0.25, 0.3) is 11.0 Å². The van der Waals surface area contributed by atoms with Gasteiger partial charge in [0.15, 0.2) is 6.23 Å². The van der Waals surface area contributed by atoms with E-state index in [0.29, 0.717) is 6.42 Å². The first-order chi connectivity index (χ1) is 10.3. The van der Waals surface area contributed by atoms with E-state index < -0.39 is 36.3 Å². The van der Waals surface area contributed by atoms with Gasteiger partial charge in [0.05, 0.1) is 17.2 Å². The minimum Gasteiger partial charge on any atom is -0.388 e. The lowest BCUT2D eigenvalue weighted by molar-refractivity contribution is -0.136. The molecule has 9 heteroatoms. The molecule has 2 N–H and O–H groups in total. The Kier molecular flexibility index (Phi) is 3.58. The lowest BCUT2D eigenvalue weighted by Gasteiger charge is -2.15. The zero-order chi connectivity index (χ0) is 16.1. The Morgan fingerprint density at radius 2 is 2.00 bits per heavy atom. The first-order valence-corrected chi connectivity index (χ1v) is 6.77. The van der Waals surface area contributed by atoms with E-state index in [9.17, 15) is 23.4 Å². The number of fused-ring (bicyclic) bond motifs is 1. The number of aliphatic hydroxyl groups is 2. The van der Waals surface area contributed by atoms with E-state index in [2.05, 4.69) is 10.3 Å². The van der Waals surface area contributed by atoms with Crippen molar-refractivity contribution in [1.29, 1.82) is 0 Å². The maximum absolute atomic E-state index is 13.0. The van der Waals surface area contributed by atoms with E-state index in [1.54, 1.807) is 6.92 Å². The van der Waals surface area contributed by atoms with Gasteiger partial charge in [-0.15, -0.1) is 5.10 Å². The van der Waals surface area contributed by atoms with Gasteiger partial charge in [0.2, 0.25) is 0 Å². The highest BCUT2D eigenvalue weighted by atomic mass is 19.4. The molecule has 1 aliphatic rings. The lowest BCUT2D eigenvalue weighted by Crippen LogP contribution is -2.31. The summed E-state index contributed by atoms with van der Waals surface area (Å²) in [4.78, 5) is 0. The van der Waals surface area contributed by atoms with Gasteiger partial charge in [0, 0.05) is 0 Å². The number of alkyl halides is 3. The van der Waals surface area contributed by atoms with Crippen LogP contribution in [-0.4, -0.2) is 43.5 Å². The third kappa shape index (κ3) is 2.25. The van der Waals surface area contributed by atoms with Crippen molar-refractivity contribution in [3.63, 3.8) is 0 Å². The molecule has 6 nitrogen and oxygen atoms in total. The normalized spacial score (nSPS) is 29.4. The molecule has 1 fully saturated rings. The first-order valence-electron chi connectivity index (χ1n) is 6.77. The van der Waals surface area contributed by atoms with Crippen LogP contribution in [0.2, 0.25) is 0 Å². The minimum atomic E-state index is -4.55. The van der Waals surface area contributed by atoms with Crippen molar-refractivity contribution in [3.8, 4) is 0 Å². The lowest BCUT2D eigenvalue weighted by atomic mass is 10.1. The molecular weight excluding hydrogens is 303 g/mol. The highest BCUT2D eigenvalue weighted by Gasteiger charge is 2.44. The summed E-state index contributed by atoms with van der Waals surface area (Å²) in [6.07, 6.45) is -8.20. The molecule has 2 aromatic rings. The Hall–Kier alpha value is -1.71. The van der Waals surface area contributed by atoms with E-state index in [0.717, 1.165) is 10.7 Å². The summed E-state index contributed by atoms with van der Waals surface area (Å²) < 4.78 is 45.5. The maximum Gasteiger partial charge on any atom is 0.418 e. The molecule has 2 heterocycles. The van der Waals surface area contributed by atoms with E-state index in [1.165, 1.54) is 12.1 Å². The average molecular weight is 317 g/mol. The number of benzene rings is 1. The van der Waals surface area contributed by atoms with Crippen molar-refractivity contribution in [1.82, 2.24) is 15.0 Å². The molecular formula is C13H14F3N3O3. The monoisotopic (exact) mass is 317 g/mol. The highest BCUT2D eigenvalue weighted by molar-refractivity contribution is 5.78. The van der Waals surface area contributed by atoms with Crippen molar-refractivity contribution in [3.05, 3.63) is 23.8 Å². The Bertz CT molecular complexity index is 688. The van der Waals surface area contributed by atoms with Crippen LogP contribution in [0, 0.1) is 0 Å². The number of halogens is 3. The van der Waals surface area contributed by atoms with Crippen molar-refractivity contribution in [2.45, 2.75) is 44.1 Å². The summed E-state index contributed by atoms with van der Waals surface area (Å²) in [6.45, 7) is 1.77. The van der Waals surface area contributed by atoms with Crippen LogP contribution in [0.4, 0.5) is 13.2 Å². The van der Waals surface area contributed by atoms with Gasteiger partial charge in [0.1, 0.15) is 17.7 Å². The fourth-order valence-corrected chi connectivity index (χ4v) is 2.65. The van der Waals surface area contributed by atoms with Gasteiger partial charge in [-0.2, -0.15) is 13.2 Å². The van der Waals surface area contributed by atoms with Gasteiger partial charge in [-0.25, -0.2) is 4.68 Å². The fourth-order valence-electron chi connectivity index (χ4n) is 2.65. The molecule has 0 spiro atoms. The molecule has 1 aliphatic heterocycles. The number of rotatable bonds is 2. The summed E-state index contributed by atoms with van der Waals surface area (Å²) in [5, 5.41) is 27.1. The minimum absolute atomic E-state index is 0.0860. The Balaban J connectivity index is 2.07. The number of aromatic nitrogens is 3. The molecule has 0 unspecified atom stereocenters. The summed E-state index contributed by atoms with van der Waals surface area (Å²) in [6, 6.07) is 3.56. The number of aliphatic hydroxyl groups excluding tert-OH is 2. The van der Waals surface area contributed by atoms with Crippen LogP contribution in [0.3, 0.4) is 0 Å². The third-order valence-electron chi connectivity index (χ3n) is 3.79. The van der Waals surface area contributed by atoms with Gasteiger partial charge < -0.3 is 14.9 Å². The summed E-state index contributed by atoms with van der Waals surface area (Å²) in [5.41, 5.74) is -1.14. The highest BCUT2D eigenvalue weighted by Crippen LogP contribution is 2.36. The molecule has 3 rings (SSSR count). The smallest absolute Gasteiger partial charge is 0.388 e. The summed E-state index contributed by atoms with van der Waals surface area (Å²) in [7, 11) is 0. The maximum atomic E-state index is 13.0. The molecule has 0 bridgehead atoms. The molecule has 120 valence electrons. The number of nitrogens with zero attached hydrogens (tertiary/aromatic N) is 3. The second-order valence-corrected chi connectivity index (χ2v) is 5.16. The standard InChI is InChI=1S/C13H14F3N3O3/c1-2-8-10(20)11(21)12(22-8)19-7-5-3-4-6(13(14,15)16)9(7)17-18-19/h3-5,8,10-12,20-21H,2H2,1H3/t8-,10-,11-,12-/m1/s1. The largest absolute Gasteiger partial charge is 0.418 e. The van der Waals surface area contributed by atoms with Crippen LogP contribution in [-0.2, 0) is 10.9 Å². The van der Waals surface area contributed by atoms with Gasteiger partial charge >= 0.3 is 6.18 Å².